The molecule has 2 aromatic carbocycles. The third-order valence-electron chi connectivity index (χ3n) is 5.80. The Morgan fingerprint density at radius 3 is 2.49 bits per heavy atom. The predicted molar refractivity (Wildman–Crippen MR) is 149 cm³/mol. The first-order valence-electron chi connectivity index (χ1n) is 12.4. The van der Waals surface area contributed by atoms with E-state index in [2.05, 4.69) is 34.4 Å². The maximum atomic E-state index is 12.8. The zero-order valence-electron chi connectivity index (χ0n) is 21.2. The summed E-state index contributed by atoms with van der Waals surface area (Å²) in [5.41, 5.74) is 0.811. The summed E-state index contributed by atoms with van der Waals surface area (Å²) in [6, 6.07) is 17.8. The largest absolute Gasteiger partial charge is 0.491 e. The number of hydrogen-bond acceptors (Lipinski definition) is 7. The second-order valence-electron chi connectivity index (χ2n) is 9.22. The molecule has 0 fully saturated rings. The number of sulfone groups is 1. The second-order valence-corrected chi connectivity index (χ2v) is 11.3. The number of pyridine rings is 2. The molecule has 0 radical (unpaired) electrons. The van der Waals surface area contributed by atoms with Crippen LogP contribution in [0.5, 0.6) is 5.75 Å². The molecule has 37 heavy (non-hydrogen) atoms. The van der Waals surface area contributed by atoms with Gasteiger partial charge in [0, 0.05) is 6.20 Å². The van der Waals surface area contributed by atoms with E-state index in [0.29, 0.717) is 58.5 Å². The number of rotatable bonds is 11. The molecule has 0 unspecified atom stereocenters. The van der Waals surface area contributed by atoms with Gasteiger partial charge < -0.3 is 20.4 Å². The lowest BCUT2D eigenvalue weighted by Crippen LogP contribution is -2.11. The Hall–Kier alpha value is -3.85. The van der Waals surface area contributed by atoms with E-state index in [-0.39, 0.29) is 16.2 Å². The van der Waals surface area contributed by atoms with E-state index in [1.165, 1.54) is 0 Å². The van der Waals surface area contributed by atoms with Crippen LogP contribution in [0.25, 0.3) is 10.8 Å². The lowest BCUT2D eigenvalue weighted by molar-refractivity contribution is 0.291. The maximum Gasteiger partial charge on any atom is 0.259 e. The predicted octanol–water partition coefficient (Wildman–Crippen LogP) is 6.02. The van der Waals surface area contributed by atoms with Gasteiger partial charge in [-0.1, -0.05) is 45.0 Å². The van der Waals surface area contributed by atoms with Crippen molar-refractivity contribution in [3.63, 3.8) is 0 Å². The highest BCUT2D eigenvalue weighted by atomic mass is 32.2. The van der Waals surface area contributed by atoms with Crippen molar-refractivity contribution in [3.8, 4) is 5.75 Å². The first-order valence-corrected chi connectivity index (χ1v) is 14.0. The number of para-hydroxylation sites is 3. The lowest BCUT2D eigenvalue weighted by atomic mass is 10.1. The summed E-state index contributed by atoms with van der Waals surface area (Å²) in [6.07, 6.45) is 3.00. The molecular formula is C28H32N4O4S. The number of H-pyrrole nitrogens is 1. The van der Waals surface area contributed by atoms with Crippen molar-refractivity contribution in [2.45, 2.75) is 38.5 Å². The Labute approximate surface area is 217 Å². The molecule has 0 aliphatic heterocycles. The van der Waals surface area contributed by atoms with E-state index in [1.807, 2.05) is 31.2 Å². The van der Waals surface area contributed by atoms with Crippen LogP contribution in [0.2, 0.25) is 0 Å². The minimum atomic E-state index is -3.47. The van der Waals surface area contributed by atoms with Gasteiger partial charge in [-0.3, -0.25) is 4.79 Å². The fourth-order valence-corrected chi connectivity index (χ4v) is 5.45. The van der Waals surface area contributed by atoms with Crippen LogP contribution in [0.3, 0.4) is 0 Å². The van der Waals surface area contributed by atoms with Gasteiger partial charge in [-0.15, -0.1) is 0 Å². The van der Waals surface area contributed by atoms with Crippen molar-refractivity contribution in [2.75, 3.05) is 23.0 Å². The first kappa shape index (κ1) is 26.2. The smallest absolute Gasteiger partial charge is 0.259 e. The molecular weight excluding hydrogens is 488 g/mol. The molecule has 8 nitrogen and oxygen atoms in total. The van der Waals surface area contributed by atoms with Crippen molar-refractivity contribution < 1.29 is 13.2 Å². The second kappa shape index (κ2) is 11.5. The van der Waals surface area contributed by atoms with Crippen LogP contribution in [0.15, 0.2) is 76.6 Å². The van der Waals surface area contributed by atoms with E-state index in [9.17, 15) is 13.2 Å². The third-order valence-corrected chi connectivity index (χ3v) is 7.78. The number of benzene rings is 2. The monoisotopic (exact) mass is 520 g/mol. The Morgan fingerprint density at radius 2 is 1.73 bits per heavy atom. The Morgan fingerprint density at radius 1 is 1.00 bits per heavy atom. The molecule has 0 aliphatic rings. The standard InChI is InChI=1S/C28H32N4O4S/c1-4-17-37(34,35)24-12-8-6-10-22(24)30-25-18-20-13-15-29-28(33)26(20)27(32-25)31-21-9-5-7-11-23(21)36-16-14-19(2)3/h5-13,15,18-19H,4,14,16-17H2,1-3H3,(H,29,33)(H2,30,31,32). The van der Waals surface area contributed by atoms with E-state index in [0.717, 1.165) is 6.42 Å². The molecule has 4 aromatic rings. The molecule has 0 saturated carbocycles. The maximum absolute atomic E-state index is 12.8. The number of nitrogens with one attached hydrogen (secondary N) is 3. The van der Waals surface area contributed by atoms with Gasteiger partial charge >= 0.3 is 0 Å². The van der Waals surface area contributed by atoms with Crippen molar-refractivity contribution in [2.24, 2.45) is 5.92 Å². The molecule has 2 heterocycles. The molecule has 4 rings (SSSR count). The van der Waals surface area contributed by atoms with Crippen molar-refractivity contribution >= 4 is 43.6 Å². The SMILES string of the molecule is CCCS(=O)(=O)c1ccccc1Nc1cc2cc[nH]c(=O)c2c(Nc2ccccc2OCCC(C)C)n1. The number of aromatic nitrogens is 2. The van der Waals surface area contributed by atoms with Gasteiger partial charge in [0.25, 0.3) is 5.56 Å². The fourth-order valence-electron chi connectivity index (χ4n) is 3.95. The number of ether oxygens (including phenoxy) is 1. The van der Waals surface area contributed by atoms with Crippen LogP contribution < -0.4 is 20.9 Å². The first-order chi connectivity index (χ1) is 17.8. The highest BCUT2D eigenvalue weighted by Gasteiger charge is 2.19. The van der Waals surface area contributed by atoms with E-state index in [4.69, 9.17) is 4.74 Å². The van der Waals surface area contributed by atoms with Crippen molar-refractivity contribution in [1.29, 1.82) is 0 Å². The van der Waals surface area contributed by atoms with Crippen LogP contribution in [0, 0.1) is 5.92 Å². The van der Waals surface area contributed by atoms with Gasteiger partial charge in [-0.2, -0.15) is 0 Å². The molecule has 0 bridgehead atoms. The van der Waals surface area contributed by atoms with Crippen molar-refractivity contribution in [3.05, 3.63) is 77.2 Å². The van der Waals surface area contributed by atoms with E-state index in [1.54, 1.807) is 42.6 Å². The topological polar surface area (TPSA) is 113 Å². The molecule has 0 amide bonds. The number of fused-ring (bicyclic) bond motifs is 1. The molecule has 0 spiro atoms. The summed E-state index contributed by atoms with van der Waals surface area (Å²) in [6.45, 7) is 6.67. The van der Waals surface area contributed by atoms with Gasteiger partial charge in [0.05, 0.1) is 34.0 Å². The van der Waals surface area contributed by atoms with Crippen LogP contribution >= 0.6 is 0 Å². The molecule has 0 atom stereocenters. The lowest BCUT2D eigenvalue weighted by Gasteiger charge is -2.16. The summed E-state index contributed by atoms with van der Waals surface area (Å²) in [5.74, 6) is 1.94. The molecule has 3 N–H and O–H groups in total. The average Bonchev–Trinajstić information content (AvgIpc) is 2.85. The molecule has 194 valence electrons. The molecule has 0 saturated heterocycles. The van der Waals surface area contributed by atoms with Crippen LogP contribution in [-0.4, -0.2) is 30.7 Å². The normalized spacial score (nSPS) is 11.6. The van der Waals surface area contributed by atoms with Gasteiger partial charge in [-0.05, 0) is 60.5 Å². The fraction of sp³-hybridized carbons (Fsp3) is 0.286. The van der Waals surface area contributed by atoms with Crippen molar-refractivity contribution in [1.82, 2.24) is 9.97 Å². The zero-order chi connectivity index (χ0) is 26.4. The van der Waals surface area contributed by atoms with Crippen LogP contribution in [-0.2, 0) is 9.84 Å². The zero-order valence-corrected chi connectivity index (χ0v) is 22.1. The molecule has 0 aliphatic carbocycles. The van der Waals surface area contributed by atoms with E-state index >= 15 is 0 Å². The van der Waals surface area contributed by atoms with Crippen LogP contribution in [0.4, 0.5) is 23.0 Å². The number of aromatic amines is 1. The molecule has 2 aromatic heterocycles. The Balaban J connectivity index is 1.75. The summed E-state index contributed by atoms with van der Waals surface area (Å²) in [4.78, 5) is 20.4. The molecule has 9 heteroatoms. The Bertz CT molecular complexity index is 1550. The summed E-state index contributed by atoms with van der Waals surface area (Å²) in [5, 5.41) is 7.47. The van der Waals surface area contributed by atoms with Gasteiger partial charge in [-0.25, -0.2) is 13.4 Å². The average molecular weight is 521 g/mol. The van der Waals surface area contributed by atoms with Gasteiger partial charge in [0.15, 0.2) is 9.84 Å². The number of hydrogen-bond donors (Lipinski definition) is 3. The van der Waals surface area contributed by atoms with Gasteiger partial charge in [0.2, 0.25) is 0 Å². The van der Waals surface area contributed by atoms with Crippen LogP contribution in [0.1, 0.15) is 33.6 Å². The minimum absolute atomic E-state index is 0.0482. The van der Waals surface area contributed by atoms with Gasteiger partial charge in [0.1, 0.15) is 17.4 Å². The number of anilines is 4. The summed E-state index contributed by atoms with van der Waals surface area (Å²) in [7, 11) is -3.47. The minimum Gasteiger partial charge on any atom is -0.491 e. The Kier molecular flexibility index (Phi) is 8.13. The number of nitrogens with zero attached hydrogens (tertiary/aromatic N) is 1. The summed E-state index contributed by atoms with van der Waals surface area (Å²) >= 11 is 0. The highest BCUT2D eigenvalue weighted by molar-refractivity contribution is 7.91. The third kappa shape index (κ3) is 6.29. The summed E-state index contributed by atoms with van der Waals surface area (Å²) < 4.78 is 31.7. The highest BCUT2D eigenvalue weighted by Crippen LogP contribution is 2.32. The van der Waals surface area contributed by atoms with E-state index < -0.39 is 9.84 Å². The quantitative estimate of drug-likeness (QED) is 0.222.